The minimum atomic E-state index is -1.28. The van der Waals surface area contributed by atoms with Crippen LogP contribution in [0.4, 0.5) is 4.39 Å². The van der Waals surface area contributed by atoms with Crippen molar-refractivity contribution in [1.82, 2.24) is 4.90 Å². The number of para-hydroxylation sites is 1. The van der Waals surface area contributed by atoms with E-state index in [-0.39, 0.29) is 24.3 Å². The molecule has 30 heavy (non-hydrogen) atoms. The standard InChI is InChI=1S/C24H20FNO4/c1-3-10-29-24(28)22-17(12-18-21(13(2)25)23(27)26(18)22)14-8-9-16-15-6-4-5-7-19(15)30-20(16)11-14/h3-9,11,13,18,21H,1,10,12H2,2H3/t13-,18-,21-/m1/s1. The molecule has 3 atom stereocenters. The van der Waals surface area contributed by atoms with E-state index in [1.165, 1.54) is 17.9 Å². The predicted molar refractivity (Wildman–Crippen MR) is 111 cm³/mol. The number of furan rings is 1. The molecule has 2 aromatic carbocycles. The number of amides is 1. The molecule has 0 radical (unpaired) electrons. The second kappa shape index (κ2) is 6.83. The van der Waals surface area contributed by atoms with Gasteiger partial charge in [-0.1, -0.05) is 36.9 Å². The summed E-state index contributed by atoms with van der Waals surface area (Å²) in [4.78, 5) is 26.7. The molecule has 0 bridgehead atoms. The van der Waals surface area contributed by atoms with E-state index in [1.807, 2.05) is 42.5 Å². The number of carbonyl (C=O) groups is 2. The molecule has 5 rings (SSSR count). The third kappa shape index (κ3) is 2.60. The number of ether oxygens (including phenoxy) is 1. The number of benzene rings is 2. The van der Waals surface area contributed by atoms with Crippen molar-refractivity contribution in [3.63, 3.8) is 0 Å². The number of halogens is 1. The lowest BCUT2D eigenvalue weighted by atomic mass is 9.83. The first-order chi connectivity index (χ1) is 14.5. The van der Waals surface area contributed by atoms with E-state index in [4.69, 9.17) is 9.15 Å². The summed E-state index contributed by atoms with van der Waals surface area (Å²) in [5.74, 6) is -1.71. The van der Waals surface area contributed by atoms with Crippen LogP contribution in [0, 0.1) is 5.92 Å². The fourth-order valence-electron chi connectivity index (χ4n) is 4.61. The molecule has 2 aliphatic rings. The van der Waals surface area contributed by atoms with E-state index in [0.29, 0.717) is 17.6 Å². The van der Waals surface area contributed by atoms with Gasteiger partial charge in [-0.15, -0.1) is 0 Å². The lowest BCUT2D eigenvalue weighted by molar-refractivity contribution is -0.159. The van der Waals surface area contributed by atoms with Crippen molar-refractivity contribution in [3.05, 3.63) is 66.4 Å². The number of β-lactam (4-membered cyclic amide) rings is 1. The number of hydrogen-bond donors (Lipinski definition) is 0. The van der Waals surface area contributed by atoms with Gasteiger partial charge in [0.2, 0.25) is 5.91 Å². The maximum Gasteiger partial charge on any atom is 0.355 e. The molecule has 1 saturated heterocycles. The highest BCUT2D eigenvalue weighted by Gasteiger charge is 2.57. The summed E-state index contributed by atoms with van der Waals surface area (Å²) in [5.41, 5.74) is 3.10. The fourth-order valence-corrected chi connectivity index (χ4v) is 4.61. The van der Waals surface area contributed by atoms with Crippen molar-refractivity contribution in [2.75, 3.05) is 6.61 Å². The van der Waals surface area contributed by atoms with Crippen LogP contribution < -0.4 is 0 Å². The van der Waals surface area contributed by atoms with Gasteiger partial charge in [0.1, 0.15) is 29.6 Å². The molecular formula is C24H20FNO4. The number of rotatable bonds is 5. The van der Waals surface area contributed by atoms with E-state index in [2.05, 4.69) is 6.58 Å². The number of esters is 1. The summed E-state index contributed by atoms with van der Waals surface area (Å²) < 4.78 is 25.2. The lowest BCUT2D eigenvalue weighted by Gasteiger charge is -2.44. The average molecular weight is 405 g/mol. The highest BCUT2D eigenvalue weighted by atomic mass is 19.1. The van der Waals surface area contributed by atoms with Crippen LogP contribution in [0.3, 0.4) is 0 Å². The van der Waals surface area contributed by atoms with Gasteiger partial charge in [-0.2, -0.15) is 0 Å². The molecule has 6 heteroatoms. The molecule has 1 fully saturated rings. The molecule has 0 aliphatic carbocycles. The molecule has 5 nitrogen and oxygen atoms in total. The van der Waals surface area contributed by atoms with E-state index in [1.54, 1.807) is 0 Å². The smallest absolute Gasteiger partial charge is 0.355 e. The van der Waals surface area contributed by atoms with Crippen molar-refractivity contribution in [2.24, 2.45) is 5.92 Å². The Labute approximate surface area is 172 Å². The van der Waals surface area contributed by atoms with Crippen molar-refractivity contribution in [1.29, 1.82) is 0 Å². The van der Waals surface area contributed by atoms with Gasteiger partial charge in [-0.25, -0.2) is 9.18 Å². The van der Waals surface area contributed by atoms with E-state index < -0.39 is 18.1 Å². The second-order valence-electron chi connectivity index (χ2n) is 7.71. The molecule has 0 spiro atoms. The van der Waals surface area contributed by atoms with Crippen LogP contribution in [-0.4, -0.2) is 35.6 Å². The third-order valence-electron chi connectivity index (χ3n) is 5.96. The van der Waals surface area contributed by atoms with Crippen LogP contribution in [0.25, 0.3) is 27.5 Å². The van der Waals surface area contributed by atoms with Crippen molar-refractivity contribution < 1.29 is 23.1 Å². The summed E-state index contributed by atoms with van der Waals surface area (Å²) >= 11 is 0. The maximum atomic E-state index is 14.0. The highest BCUT2D eigenvalue weighted by molar-refractivity contribution is 6.09. The van der Waals surface area contributed by atoms with Gasteiger partial charge < -0.3 is 14.1 Å². The Bertz CT molecular complexity index is 1240. The molecule has 0 unspecified atom stereocenters. The number of hydrogen-bond acceptors (Lipinski definition) is 4. The second-order valence-corrected chi connectivity index (χ2v) is 7.71. The molecule has 3 aromatic rings. The van der Waals surface area contributed by atoms with Gasteiger partial charge in [0, 0.05) is 10.8 Å². The Morgan fingerprint density at radius 3 is 2.83 bits per heavy atom. The van der Waals surface area contributed by atoms with Crippen LogP contribution in [0.5, 0.6) is 0 Å². The van der Waals surface area contributed by atoms with Gasteiger partial charge in [0.15, 0.2) is 0 Å². The number of carbonyl (C=O) groups excluding carboxylic acids is 2. The first kappa shape index (κ1) is 18.6. The Kier molecular flexibility index (Phi) is 4.24. The summed E-state index contributed by atoms with van der Waals surface area (Å²) in [6, 6.07) is 13.1. The number of fused-ring (bicyclic) bond motifs is 4. The van der Waals surface area contributed by atoms with Crippen molar-refractivity contribution in [2.45, 2.75) is 25.6 Å². The first-order valence-corrected chi connectivity index (χ1v) is 9.91. The van der Waals surface area contributed by atoms with Gasteiger partial charge in [0.05, 0.1) is 12.0 Å². The molecular weight excluding hydrogens is 385 g/mol. The van der Waals surface area contributed by atoms with Gasteiger partial charge in [0.25, 0.3) is 0 Å². The number of alkyl halides is 1. The summed E-state index contributed by atoms with van der Waals surface area (Å²) in [6.45, 7) is 4.97. The molecule has 3 heterocycles. The quantitative estimate of drug-likeness (QED) is 0.353. The Morgan fingerprint density at radius 2 is 2.07 bits per heavy atom. The predicted octanol–water partition coefficient (Wildman–Crippen LogP) is 4.62. The zero-order valence-corrected chi connectivity index (χ0v) is 16.4. The molecule has 152 valence electrons. The zero-order valence-electron chi connectivity index (χ0n) is 16.4. The third-order valence-corrected chi connectivity index (χ3v) is 5.96. The van der Waals surface area contributed by atoms with Gasteiger partial charge in [-0.3, -0.25) is 4.79 Å². The summed E-state index contributed by atoms with van der Waals surface area (Å²) in [7, 11) is 0. The minimum Gasteiger partial charge on any atom is -0.457 e. The van der Waals surface area contributed by atoms with Crippen LogP contribution in [0.15, 0.2) is 65.2 Å². The van der Waals surface area contributed by atoms with Crippen LogP contribution in [0.1, 0.15) is 18.9 Å². The molecule has 0 saturated carbocycles. The van der Waals surface area contributed by atoms with Gasteiger partial charge in [-0.05, 0) is 42.7 Å². The molecule has 2 aliphatic heterocycles. The minimum absolute atomic E-state index is 0.0356. The van der Waals surface area contributed by atoms with Gasteiger partial charge >= 0.3 is 5.97 Å². The van der Waals surface area contributed by atoms with E-state index in [9.17, 15) is 14.0 Å². The van der Waals surface area contributed by atoms with Crippen molar-refractivity contribution in [3.8, 4) is 0 Å². The average Bonchev–Trinajstić information content (AvgIpc) is 3.27. The first-order valence-electron chi connectivity index (χ1n) is 9.91. The SMILES string of the molecule is C=CCOC(=O)C1=C(c2ccc3c(c2)oc2ccccc23)C[C@@H]2[C@@H]([C@@H](C)F)C(=O)N12. The van der Waals surface area contributed by atoms with E-state index in [0.717, 1.165) is 21.9 Å². The van der Waals surface area contributed by atoms with Crippen LogP contribution in [0.2, 0.25) is 0 Å². The molecule has 1 aromatic heterocycles. The Morgan fingerprint density at radius 1 is 1.30 bits per heavy atom. The molecule has 0 N–H and O–H groups in total. The van der Waals surface area contributed by atoms with Crippen molar-refractivity contribution >= 4 is 39.4 Å². The summed E-state index contributed by atoms with van der Waals surface area (Å²) in [6.07, 6.45) is 0.589. The number of nitrogens with zero attached hydrogens (tertiary/aromatic N) is 1. The zero-order chi connectivity index (χ0) is 21.0. The van der Waals surface area contributed by atoms with Crippen LogP contribution in [-0.2, 0) is 14.3 Å². The maximum absolute atomic E-state index is 14.0. The normalized spacial score (nSPS) is 21.7. The monoisotopic (exact) mass is 405 g/mol. The Balaban J connectivity index is 1.62. The lowest BCUT2D eigenvalue weighted by Crippen LogP contribution is -2.61. The largest absolute Gasteiger partial charge is 0.457 e. The van der Waals surface area contributed by atoms with E-state index >= 15 is 0 Å². The fraction of sp³-hybridized carbons (Fsp3) is 0.250. The highest BCUT2D eigenvalue weighted by Crippen LogP contribution is 2.48. The molecule has 1 amide bonds. The Hall–Kier alpha value is -3.41. The van der Waals surface area contributed by atoms with Crippen LogP contribution >= 0.6 is 0 Å². The topological polar surface area (TPSA) is 59.8 Å². The summed E-state index contributed by atoms with van der Waals surface area (Å²) in [5, 5.41) is 1.98.